The van der Waals surface area contributed by atoms with E-state index >= 15 is 0 Å². The number of carboxylic acids is 1. The van der Waals surface area contributed by atoms with E-state index in [1.165, 1.54) is 11.6 Å². The SMILES string of the molecule is CCCCCc1cc(O)c(C2C=C(C)CCN2C)c(O)c1C(=O)O. The van der Waals surface area contributed by atoms with Gasteiger partial charge in [0.1, 0.15) is 17.1 Å². The van der Waals surface area contributed by atoms with E-state index in [1.54, 1.807) is 0 Å². The predicted molar refractivity (Wildman–Crippen MR) is 93.7 cm³/mol. The number of aromatic carboxylic acids is 1. The zero-order valence-electron chi connectivity index (χ0n) is 14.7. The molecule has 1 aliphatic rings. The van der Waals surface area contributed by atoms with Crippen LogP contribution in [0.25, 0.3) is 0 Å². The lowest BCUT2D eigenvalue weighted by molar-refractivity contribution is 0.0692. The summed E-state index contributed by atoms with van der Waals surface area (Å²) in [7, 11) is 1.90. The van der Waals surface area contributed by atoms with Crippen molar-refractivity contribution in [1.29, 1.82) is 0 Å². The molecule has 0 saturated carbocycles. The molecule has 0 fully saturated rings. The molecule has 1 aliphatic heterocycles. The third kappa shape index (κ3) is 3.73. The summed E-state index contributed by atoms with van der Waals surface area (Å²) in [6.07, 6.45) is 6.27. The number of nitrogens with zero attached hydrogens (tertiary/aromatic N) is 1. The number of phenols is 2. The minimum atomic E-state index is -1.15. The fraction of sp³-hybridized carbons (Fsp3) is 0.526. The molecule has 1 aromatic rings. The number of aromatic hydroxyl groups is 2. The Morgan fingerprint density at radius 3 is 2.67 bits per heavy atom. The highest BCUT2D eigenvalue weighted by Gasteiger charge is 2.29. The maximum absolute atomic E-state index is 11.7. The highest BCUT2D eigenvalue weighted by Crippen LogP contribution is 2.42. The van der Waals surface area contributed by atoms with E-state index in [0.717, 1.165) is 32.2 Å². The van der Waals surface area contributed by atoms with E-state index in [0.29, 0.717) is 12.0 Å². The molecule has 0 bridgehead atoms. The molecular formula is C19H27NO4. The number of aryl methyl sites for hydroxylation is 1. The van der Waals surface area contributed by atoms with Crippen LogP contribution in [-0.4, -0.2) is 39.8 Å². The van der Waals surface area contributed by atoms with Crippen molar-refractivity contribution in [3.05, 3.63) is 34.4 Å². The van der Waals surface area contributed by atoms with Gasteiger partial charge >= 0.3 is 5.97 Å². The summed E-state index contributed by atoms with van der Waals surface area (Å²) in [6.45, 7) is 4.88. The van der Waals surface area contributed by atoms with Crippen LogP contribution in [0.4, 0.5) is 0 Å². The van der Waals surface area contributed by atoms with E-state index < -0.39 is 5.97 Å². The average Bonchev–Trinajstić information content (AvgIpc) is 2.50. The van der Waals surface area contributed by atoms with Gasteiger partial charge in [0.2, 0.25) is 0 Å². The minimum Gasteiger partial charge on any atom is -0.507 e. The second-order valence-corrected chi connectivity index (χ2v) is 6.64. The topological polar surface area (TPSA) is 81.0 Å². The molecule has 0 amide bonds. The maximum Gasteiger partial charge on any atom is 0.339 e. The fourth-order valence-corrected chi connectivity index (χ4v) is 3.29. The number of rotatable bonds is 6. The van der Waals surface area contributed by atoms with Gasteiger partial charge in [-0.05, 0) is 44.9 Å². The molecule has 24 heavy (non-hydrogen) atoms. The number of unbranched alkanes of at least 4 members (excludes halogenated alkanes) is 2. The lowest BCUT2D eigenvalue weighted by atomic mass is 9.90. The van der Waals surface area contributed by atoms with Gasteiger partial charge < -0.3 is 15.3 Å². The first-order chi connectivity index (χ1) is 11.4. The van der Waals surface area contributed by atoms with Gasteiger partial charge in [-0.25, -0.2) is 4.79 Å². The molecule has 0 aromatic heterocycles. The van der Waals surface area contributed by atoms with E-state index in [2.05, 4.69) is 6.92 Å². The zero-order valence-corrected chi connectivity index (χ0v) is 14.7. The summed E-state index contributed by atoms with van der Waals surface area (Å²) < 4.78 is 0. The number of phenolic OH excluding ortho intramolecular Hbond substituents is 1. The Morgan fingerprint density at radius 1 is 1.33 bits per heavy atom. The van der Waals surface area contributed by atoms with Crippen molar-refractivity contribution in [2.45, 2.75) is 52.0 Å². The Balaban J connectivity index is 2.52. The highest BCUT2D eigenvalue weighted by atomic mass is 16.4. The molecule has 1 heterocycles. The lowest BCUT2D eigenvalue weighted by Gasteiger charge is -2.32. The third-order valence-corrected chi connectivity index (χ3v) is 4.74. The first-order valence-electron chi connectivity index (χ1n) is 8.55. The van der Waals surface area contributed by atoms with Crippen LogP contribution in [0.5, 0.6) is 11.5 Å². The van der Waals surface area contributed by atoms with Crippen LogP contribution in [0.1, 0.15) is 67.1 Å². The van der Waals surface area contributed by atoms with Gasteiger partial charge in [-0.15, -0.1) is 0 Å². The lowest BCUT2D eigenvalue weighted by Crippen LogP contribution is -2.28. The van der Waals surface area contributed by atoms with E-state index in [9.17, 15) is 20.1 Å². The molecule has 132 valence electrons. The normalized spacial score (nSPS) is 18.5. The molecule has 1 atom stereocenters. The number of benzene rings is 1. The molecule has 5 nitrogen and oxygen atoms in total. The quantitative estimate of drug-likeness (QED) is 0.544. The van der Waals surface area contributed by atoms with Crippen molar-refractivity contribution < 1.29 is 20.1 Å². The number of hydrogen-bond acceptors (Lipinski definition) is 4. The Labute approximate surface area is 143 Å². The largest absolute Gasteiger partial charge is 0.507 e. The molecule has 0 spiro atoms. The summed E-state index contributed by atoms with van der Waals surface area (Å²) in [4.78, 5) is 13.7. The summed E-state index contributed by atoms with van der Waals surface area (Å²) in [5.74, 6) is -1.50. The van der Waals surface area contributed by atoms with Crippen molar-refractivity contribution in [2.75, 3.05) is 13.6 Å². The molecular weight excluding hydrogens is 306 g/mol. The summed E-state index contributed by atoms with van der Waals surface area (Å²) >= 11 is 0. The molecule has 2 rings (SSSR count). The second kappa shape index (κ2) is 7.71. The average molecular weight is 333 g/mol. The van der Waals surface area contributed by atoms with Gasteiger partial charge in [0.15, 0.2) is 0 Å². The molecule has 0 saturated heterocycles. The van der Waals surface area contributed by atoms with Crippen molar-refractivity contribution in [2.24, 2.45) is 0 Å². The standard InChI is InChI=1S/C19H27NO4/c1-4-5-6-7-13-11-15(21)17(18(22)16(13)19(23)24)14-10-12(2)8-9-20(14)3/h10-11,14,21-22H,4-9H2,1-3H3,(H,23,24). The smallest absolute Gasteiger partial charge is 0.339 e. The van der Waals surface area contributed by atoms with Crippen LogP contribution in [0.2, 0.25) is 0 Å². The number of carboxylic acid groups (broad SMARTS) is 1. The molecule has 5 heteroatoms. The monoisotopic (exact) mass is 333 g/mol. The van der Waals surface area contributed by atoms with Crippen LogP contribution in [0.15, 0.2) is 17.7 Å². The van der Waals surface area contributed by atoms with Crippen molar-refractivity contribution in [3.8, 4) is 11.5 Å². The Kier molecular flexibility index (Phi) is 5.89. The van der Waals surface area contributed by atoms with E-state index in [4.69, 9.17) is 0 Å². The Bertz CT molecular complexity index is 651. The van der Waals surface area contributed by atoms with Gasteiger partial charge in [-0.3, -0.25) is 4.90 Å². The zero-order chi connectivity index (χ0) is 17.9. The first kappa shape index (κ1) is 18.3. The van der Waals surface area contributed by atoms with Gasteiger partial charge in [-0.2, -0.15) is 0 Å². The van der Waals surface area contributed by atoms with Gasteiger partial charge in [0.25, 0.3) is 0 Å². The van der Waals surface area contributed by atoms with Crippen molar-refractivity contribution in [3.63, 3.8) is 0 Å². The minimum absolute atomic E-state index is 0.0354. The molecule has 3 N–H and O–H groups in total. The molecule has 0 radical (unpaired) electrons. The molecule has 1 aromatic carbocycles. The van der Waals surface area contributed by atoms with E-state index in [1.807, 2.05) is 24.9 Å². The van der Waals surface area contributed by atoms with E-state index in [-0.39, 0.29) is 28.7 Å². The van der Waals surface area contributed by atoms with Gasteiger partial charge in [0, 0.05) is 6.54 Å². The predicted octanol–water partition coefficient (Wildman–Crippen LogP) is 3.85. The van der Waals surface area contributed by atoms with Gasteiger partial charge in [0.05, 0.1) is 11.6 Å². The second-order valence-electron chi connectivity index (χ2n) is 6.64. The van der Waals surface area contributed by atoms with Crippen LogP contribution in [0, 0.1) is 0 Å². The highest BCUT2D eigenvalue weighted by molar-refractivity contribution is 5.94. The van der Waals surface area contributed by atoms with Crippen LogP contribution < -0.4 is 0 Å². The van der Waals surface area contributed by atoms with Crippen molar-refractivity contribution in [1.82, 2.24) is 4.90 Å². The summed E-state index contributed by atoms with van der Waals surface area (Å²) in [5, 5.41) is 30.7. The summed E-state index contributed by atoms with van der Waals surface area (Å²) in [5.41, 5.74) is 1.87. The molecule has 1 unspecified atom stereocenters. The van der Waals surface area contributed by atoms with Crippen LogP contribution in [-0.2, 0) is 6.42 Å². The fourth-order valence-electron chi connectivity index (χ4n) is 3.29. The Hall–Kier alpha value is -2.01. The number of carbonyl (C=O) groups is 1. The summed E-state index contributed by atoms with van der Waals surface area (Å²) in [6, 6.07) is 1.20. The number of likely N-dealkylation sites (N-methyl/N-ethyl adjacent to an activating group) is 1. The third-order valence-electron chi connectivity index (χ3n) is 4.74. The van der Waals surface area contributed by atoms with Crippen LogP contribution >= 0.6 is 0 Å². The number of hydrogen-bond donors (Lipinski definition) is 3. The first-order valence-corrected chi connectivity index (χ1v) is 8.55. The van der Waals surface area contributed by atoms with Gasteiger partial charge in [-0.1, -0.05) is 31.4 Å². The molecule has 0 aliphatic carbocycles. The van der Waals surface area contributed by atoms with Crippen molar-refractivity contribution >= 4 is 5.97 Å². The maximum atomic E-state index is 11.7. The van der Waals surface area contributed by atoms with Crippen LogP contribution in [0.3, 0.4) is 0 Å². The Morgan fingerprint density at radius 2 is 2.04 bits per heavy atom.